The van der Waals surface area contributed by atoms with E-state index in [4.69, 9.17) is 0 Å². The SMILES string of the molecule is CCC1=CCC2C3C=CC4=CC(=O)CC[C@]4(C)C3CC[C@]12C. The molecule has 0 spiro atoms. The number of carbonyl (C=O) groups excluding carboxylic acids is 1. The third-order valence-corrected chi connectivity index (χ3v) is 7.64. The summed E-state index contributed by atoms with van der Waals surface area (Å²) >= 11 is 0. The van der Waals surface area contributed by atoms with E-state index >= 15 is 0 Å². The summed E-state index contributed by atoms with van der Waals surface area (Å²) in [6.45, 7) is 7.26. The Bertz CT molecular complexity index is 607. The van der Waals surface area contributed by atoms with Gasteiger partial charge < -0.3 is 0 Å². The number of carbonyl (C=O) groups is 1. The van der Waals surface area contributed by atoms with E-state index in [-0.39, 0.29) is 5.41 Å². The second-order valence-electron chi connectivity index (χ2n) is 8.41. The van der Waals surface area contributed by atoms with Crippen LogP contribution in [0.25, 0.3) is 0 Å². The summed E-state index contributed by atoms with van der Waals surface area (Å²) in [6, 6.07) is 0. The summed E-state index contributed by atoms with van der Waals surface area (Å²) < 4.78 is 0. The van der Waals surface area contributed by atoms with Crippen LogP contribution in [0.1, 0.15) is 59.3 Å². The lowest BCUT2D eigenvalue weighted by Gasteiger charge is -2.55. The molecule has 0 heterocycles. The molecule has 0 saturated heterocycles. The first-order chi connectivity index (χ1) is 10.5. The molecule has 4 aliphatic rings. The standard InChI is InChI=1S/C21H28O/c1-4-14-6-8-18-17-7-5-15-13-16(22)9-11-21(15,3)19(17)10-12-20(14,18)2/h5-7,13,17-19H,4,8-12H2,1-3H3/t17?,18?,19?,20-,21+/m1/s1. The Morgan fingerprint density at radius 1 is 1.18 bits per heavy atom. The normalized spacial score (nSPS) is 46.5. The van der Waals surface area contributed by atoms with Crippen molar-refractivity contribution in [1.29, 1.82) is 0 Å². The number of allylic oxidation sites excluding steroid dienone is 6. The molecule has 0 aromatic heterocycles. The van der Waals surface area contributed by atoms with Crippen molar-refractivity contribution in [2.45, 2.75) is 59.3 Å². The fourth-order valence-corrected chi connectivity index (χ4v) is 6.21. The highest BCUT2D eigenvalue weighted by molar-refractivity contribution is 5.92. The van der Waals surface area contributed by atoms with Crippen molar-refractivity contribution in [2.75, 3.05) is 0 Å². The maximum Gasteiger partial charge on any atom is 0.156 e. The van der Waals surface area contributed by atoms with Gasteiger partial charge in [-0.2, -0.15) is 0 Å². The van der Waals surface area contributed by atoms with Gasteiger partial charge in [-0.3, -0.25) is 4.79 Å². The first kappa shape index (κ1) is 14.5. The number of hydrogen-bond donors (Lipinski definition) is 0. The van der Waals surface area contributed by atoms with E-state index in [0.717, 1.165) is 24.7 Å². The molecular formula is C21H28O. The van der Waals surface area contributed by atoms with Crippen molar-refractivity contribution in [3.05, 3.63) is 35.5 Å². The van der Waals surface area contributed by atoms with Crippen LogP contribution in [-0.4, -0.2) is 5.78 Å². The third-order valence-electron chi connectivity index (χ3n) is 7.64. The van der Waals surface area contributed by atoms with E-state index < -0.39 is 0 Å². The zero-order valence-corrected chi connectivity index (χ0v) is 14.2. The molecule has 4 rings (SSSR count). The van der Waals surface area contributed by atoms with Crippen LogP contribution in [-0.2, 0) is 4.79 Å². The second kappa shape index (κ2) is 4.69. The van der Waals surface area contributed by atoms with E-state index in [1.54, 1.807) is 5.57 Å². The Morgan fingerprint density at radius 2 is 2.00 bits per heavy atom. The van der Waals surface area contributed by atoms with E-state index in [9.17, 15) is 4.79 Å². The zero-order valence-electron chi connectivity index (χ0n) is 14.2. The first-order valence-corrected chi connectivity index (χ1v) is 9.12. The maximum atomic E-state index is 11.8. The van der Waals surface area contributed by atoms with E-state index in [0.29, 0.717) is 17.1 Å². The molecule has 4 aliphatic carbocycles. The van der Waals surface area contributed by atoms with E-state index in [2.05, 4.69) is 39.0 Å². The van der Waals surface area contributed by atoms with Crippen LogP contribution in [0.3, 0.4) is 0 Å². The van der Waals surface area contributed by atoms with Gasteiger partial charge in [0, 0.05) is 6.42 Å². The molecule has 3 unspecified atom stereocenters. The van der Waals surface area contributed by atoms with Crippen molar-refractivity contribution in [3.8, 4) is 0 Å². The van der Waals surface area contributed by atoms with Crippen LogP contribution in [0.4, 0.5) is 0 Å². The van der Waals surface area contributed by atoms with Gasteiger partial charge in [-0.25, -0.2) is 0 Å². The Labute approximate surface area is 134 Å². The van der Waals surface area contributed by atoms with E-state index in [1.165, 1.54) is 31.3 Å². The molecule has 1 fully saturated rings. The highest BCUT2D eigenvalue weighted by Gasteiger charge is 2.55. The quantitative estimate of drug-likeness (QED) is 0.605. The molecule has 22 heavy (non-hydrogen) atoms. The van der Waals surface area contributed by atoms with Gasteiger partial charge in [0.1, 0.15) is 0 Å². The summed E-state index contributed by atoms with van der Waals surface area (Å²) in [5, 5.41) is 0. The molecule has 0 bridgehead atoms. The first-order valence-electron chi connectivity index (χ1n) is 9.12. The summed E-state index contributed by atoms with van der Waals surface area (Å²) in [6.07, 6.45) is 16.2. The Hall–Kier alpha value is -1.11. The van der Waals surface area contributed by atoms with E-state index in [1.807, 2.05) is 6.08 Å². The summed E-state index contributed by atoms with van der Waals surface area (Å²) in [5.41, 5.74) is 3.69. The van der Waals surface area contributed by atoms with Gasteiger partial charge in [0.2, 0.25) is 0 Å². The van der Waals surface area contributed by atoms with Crippen molar-refractivity contribution in [3.63, 3.8) is 0 Å². The van der Waals surface area contributed by atoms with Crippen LogP contribution in [0.15, 0.2) is 35.5 Å². The van der Waals surface area contributed by atoms with Crippen LogP contribution < -0.4 is 0 Å². The Kier molecular flexibility index (Phi) is 3.09. The number of fused-ring (bicyclic) bond motifs is 5. The minimum atomic E-state index is 0.240. The van der Waals surface area contributed by atoms with Crippen molar-refractivity contribution in [2.24, 2.45) is 28.6 Å². The number of rotatable bonds is 1. The van der Waals surface area contributed by atoms with Gasteiger partial charge >= 0.3 is 0 Å². The minimum absolute atomic E-state index is 0.240. The van der Waals surface area contributed by atoms with Gasteiger partial charge in [-0.15, -0.1) is 0 Å². The molecule has 0 radical (unpaired) electrons. The number of hydrogen-bond acceptors (Lipinski definition) is 1. The monoisotopic (exact) mass is 296 g/mol. The van der Waals surface area contributed by atoms with Gasteiger partial charge in [-0.05, 0) is 72.3 Å². The average Bonchev–Trinajstić information content (AvgIpc) is 2.84. The minimum Gasteiger partial charge on any atom is -0.295 e. The lowest BCUT2D eigenvalue weighted by Crippen LogP contribution is -2.48. The lowest BCUT2D eigenvalue weighted by molar-refractivity contribution is -0.116. The molecule has 0 amide bonds. The summed E-state index contributed by atoms with van der Waals surface area (Å²) in [4.78, 5) is 11.8. The molecule has 1 saturated carbocycles. The zero-order chi connectivity index (χ0) is 15.5. The van der Waals surface area contributed by atoms with Crippen LogP contribution in [0.5, 0.6) is 0 Å². The van der Waals surface area contributed by atoms with Gasteiger partial charge in [0.15, 0.2) is 5.78 Å². The molecule has 1 nitrogen and oxygen atoms in total. The molecule has 0 N–H and O–H groups in total. The van der Waals surface area contributed by atoms with Gasteiger partial charge in [0.05, 0.1) is 0 Å². The van der Waals surface area contributed by atoms with Crippen molar-refractivity contribution in [1.82, 2.24) is 0 Å². The highest BCUT2D eigenvalue weighted by Crippen LogP contribution is 2.63. The van der Waals surface area contributed by atoms with Crippen LogP contribution in [0, 0.1) is 28.6 Å². The molecule has 0 aromatic rings. The molecule has 0 aromatic carbocycles. The highest BCUT2D eigenvalue weighted by atomic mass is 16.1. The Morgan fingerprint density at radius 3 is 2.77 bits per heavy atom. The van der Waals surface area contributed by atoms with Crippen LogP contribution in [0.2, 0.25) is 0 Å². The molecule has 118 valence electrons. The molecule has 1 heteroatoms. The van der Waals surface area contributed by atoms with Gasteiger partial charge in [-0.1, -0.05) is 44.6 Å². The predicted octanol–water partition coefficient (Wildman–Crippen LogP) is 5.24. The van der Waals surface area contributed by atoms with Crippen molar-refractivity contribution >= 4 is 5.78 Å². The smallest absolute Gasteiger partial charge is 0.156 e. The topological polar surface area (TPSA) is 17.1 Å². The van der Waals surface area contributed by atoms with Gasteiger partial charge in [0.25, 0.3) is 0 Å². The summed E-state index contributed by atoms with van der Waals surface area (Å²) in [5.74, 6) is 2.55. The number of ketones is 1. The van der Waals surface area contributed by atoms with Crippen molar-refractivity contribution < 1.29 is 4.79 Å². The molecule has 0 aliphatic heterocycles. The fraction of sp³-hybridized carbons (Fsp3) is 0.667. The molecular weight excluding hydrogens is 268 g/mol. The second-order valence-corrected chi connectivity index (χ2v) is 8.41. The maximum absolute atomic E-state index is 11.8. The average molecular weight is 296 g/mol. The summed E-state index contributed by atoms with van der Waals surface area (Å²) in [7, 11) is 0. The fourth-order valence-electron chi connectivity index (χ4n) is 6.21. The molecule has 5 atom stereocenters. The largest absolute Gasteiger partial charge is 0.295 e. The Balaban J connectivity index is 1.73. The lowest BCUT2D eigenvalue weighted by atomic mass is 9.48. The van der Waals surface area contributed by atoms with Crippen LogP contribution >= 0.6 is 0 Å². The third kappa shape index (κ3) is 1.74. The predicted molar refractivity (Wildman–Crippen MR) is 90.4 cm³/mol.